The van der Waals surface area contributed by atoms with Gasteiger partial charge in [0.15, 0.2) is 0 Å². The Balaban J connectivity index is 1.90. The fraction of sp³-hybridized carbons (Fsp3) is 0.133. The largest absolute Gasteiger partial charge is 0.416 e. The Bertz CT molecular complexity index is 624. The zero-order chi connectivity index (χ0) is 15.3. The van der Waals surface area contributed by atoms with Crippen LogP contribution in [0.2, 0.25) is 5.02 Å². The maximum absolute atomic E-state index is 12.4. The van der Waals surface area contributed by atoms with Gasteiger partial charge in [0.25, 0.3) is 0 Å². The summed E-state index contributed by atoms with van der Waals surface area (Å²) in [5, 5.41) is 4.31. The Kier molecular flexibility index (Phi) is 4.85. The third-order valence-corrected chi connectivity index (χ3v) is 2.87. The smallest absolute Gasteiger partial charge is 0.391 e. The first-order valence-electron chi connectivity index (χ1n) is 6.02. The van der Waals surface area contributed by atoms with Crippen LogP contribution in [0.5, 0.6) is 0 Å². The van der Waals surface area contributed by atoms with E-state index in [2.05, 4.69) is 5.16 Å². The molecular weight excluding hydrogens is 303 g/mol. The first-order chi connectivity index (χ1) is 9.95. The molecule has 0 aliphatic heterocycles. The first-order valence-corrected chi connectivity index (χ1v) is 6.40. The van der Waals surface area contributed by atoms with Crippen LogP contribution in [0.3, 0.4) is 0 Å². The van der Waals surface area contributed by atoms with Crippen LogP contribution in [-0.4, -0.2) is 6.21 Å². The molecule has 110 valence electrons. The summed E-state index contributed by atoms with van der Waals surface area (Å²) < 4.78 is 37.1. The Morgan fingerprint density at radius 3 is 2.43 bits per heavy atom. The van der Waals surface area contributed by atoms with Gasteiger partial charge in [-0.3, -0.25) is 0 Å². The minimum absolute atomic E-state index is 0.234. The molecule has 0 bridgehead atoms. The third-order valence-electron chi connectivity index (χ3n) is 2.63. The average Bonchev–Trinajstić information content (AvgIpc) is 2.43. The van der Waals surface area contributed by atoms with Crippen molar-refractivity contribution in [2.24, 2.45) is 5.16 Å². The van der Waals surface area contributed by atoms with Crippen LogP contribution in [0.15, 0.2) is 53.7 Å². The average molecular weight is 314 g/mol. The molecule has 0 atom stereocenters. The van der Waals surface area contributed by atoms with Crippen LogP contribution in [0, 0.1) is 0 Å². The molecule has 2 rings (SSSR count). The summed E-state index contributed by atoms with van der Waals surface area (Å²) in [6.07, 6.45) is -2.98. The molecule has 2 nitrogen and oxygen atoms in total. The fourth-order valence-corrected chi connectivity index (χ4v) is 1.81. The number of rotatable bonds is 4. The van der Waals surface area contributed by atoms with Crippen molar-refractivity contribution in [1.82, 2.24) is 0 Å². The summed E-state index contributed by atoms with van der Waals surface area (Å²) in [6, 6.07) is 11.8. The molecule has 2 aromatic carbocycles. The van der Waals surface area contributed by atoms with Gasteiger partial charge < -0.3 is 4.84 Å². The molecule has 0 aliphatic rings. The fourth-order valence-electron chi connectivity index (χ4n) is 1.59. The zero-order valence-electron chi connectivity index (χ0n) is 10.8. The van der Waals surface area contributed by atoms with Crippen molar-refractivity contribution in [2.75, 3.05) is 0 Å². The summed E-state index contributed by atoms with van der Waals surface area (Å²) in [7, 11) is 0. The van der Waals surface area contributed by atoms with Gasteiger partial charge in [0.1, 0.15) is 6.61 Å². The molecular formula is C15H11ClF3NO. The van der Waals surface area contributed by atoms with Gasteiger partial charge in [-0.2, -0.15) is 13.2 Å². The molecule has 0 unspecified atom stereocenters. The van der Waals surface area contributed by atoms with Gasteiger partial charge in [-0.05, 0) is 35.4 Å². The molecule has 0 aromatic heterocycles. The molecule has 0 amide bonds. The minimum Gasteiger partial charge on any atom is -0.391 e. The second kappa shape index (κ2) is 6.63. The van der Waals surface area contributed by atoms with Gasteiger partial charge in [0, 0.05) is 5.02 Å². The Morgan fingerprint density at radius 1 is 1.10 bits per heavy atom. The molecule has 0 saturated heterocycles. The van der Waals surface area contributed by atoms with Gasteiger partial charge in [-0.1, -0.05) is 41.0 Å². The summed E-state index contributed by atoms with van der Waals surface area (Å²) in [5.41, 5.74) is 0.681. The van der Waals surface area contributed by atoms with E-state index in [4.69, 9.17) is 16.4 Å². The van der Waals surface area contributed by atoms with E-state index in [1.165, 1.54) is 18.3 Å². The maximum Gasteiger partial charge on any atom is 0.416 e. The van der Waals surface area contributed by atoms with E-state index < -0.39 is 11.7 Å². The van der Waals surface area contributed by atoms with Crippen LogP contribution in [0.4, 0.5) is 13.2 Å². The highest BCUT2D eigenvalue weighted by Crippen LogP contribution is 2.28. The van der Waals surface area contributed by atoms with Crippen molar-refractivity contribution in [3.63, 3.8) is 0 Å². The van der Waals surface area contributed by atoms with E-state index in [1.54, 1.807) is 18.2 Å². The van der Waals surface area contributed by atoms with E-state index in [0.29, 0.717) is 10.6 Å². The number of benzene rings is 2. The van der Waals surface area contributed by atoms with Gasteiger partial charge in [0.05, 0.1) is 11.8 Å². The maximum atomic E-state index is 12.4. The molecule has 0 radical (unpaired) electrons. The number of halogens is 4. The van der Waals surface area contributed by atoms with Crippen molar-refractivity contribution in [2.45, 2.75) is 12.8 Å². The minimum atomic E-state index is -4.33. The highest BCUT2D eigenvalue weighted by Gasteiger charge is 2.29. The molecule has 2 aromatic rings. The number of hydrogen-bond acceptors (Lipinski definition) is 2. The second-order valence-corrected chi connectivity index (χ2v) is 4.69. The van der Waals surface area contributed by atoms with Gasteiger partial charge in [-0.25, -0.2) is 0 Å². The van der Waals surface area contributed by atoms with Gasteiger partial charge in [-0.15, -0.1) is 0 Å². The predicted octanol–water partition coefficient (Wildman–Crippen LogP) is 4.91. The molecule has 21 heavy (non-hydrogen) atoms. The summed E-state index contributed by atoms with van der Waals surface area (Å²) >= 11 is 5.82. The Labute approximate surface area is 124 Å². The Hall–Kier alpha value is -2.01. The number of alkyl halides is 3. The topological polar surface area (TPSA) is 21.6 Å². The van der Waals surface area contributed by atoms with E-state index in [9.17, 15) is 13.2 Å². The van der Waals surface area contributed by atoms with E-state index in [0.717, 1.165) is 17.7 Å². The summed E-state index contributed by atoms with van der Waals surface area (Å²) in [5.74, 6) is 0. The lowest BCUT2D eigenvalue weighted by molar-refractivity contribution is -0.137. The van der Waals surface area contributed by atoms with Crippen molar-refractivity contribution in [3.05, 3.63) is 70.2 Å². The van der Waals surface area contributed by atoms with Crippen molar-refractivity contribution in [3.8, 4) is 0 Å². The molecule has 0 N–H and O–H groups in total. The highest BCUT2D eigenvalue weighted by molar-refractivity contribution is 6.30. The highest BCUT2D eigenvalue weighted by atomic mass is 35.5. The number of nitrogens with zero attached hydrogens (tertiary/aromatic N) is 1. The standard InChI is InChI=1S/C15H11ClF3NO/c16-14-3-1-2-12(8-14)10-21-20-9-11-4-6-13(7-5-11)15(17,18)19/h1-9H,10H2. The van der Waals surface area contributed by atoms with E-state index in [1.807, 2.05) is 6.07 Å². The molecule has 6 heteroatoms. The second-order valence-electron chi connectivity index (χ2n) is 4.26. The van der Waals surface area contributed by atoms with Crippen LogP contribution in [0.25, 0.3) is 0 Å². The van der Waals surface area contributed by atoms with E-state index in [-0.39, 0.29) is 6.61 Å². The van der Waals surface area contributed by atoms with Gasteiger partial charge in [0.2, 0.25) is 0 Å². The monoisotopic (exact) mass is 313 g/mol. The van der Waals surface area contributed by atoms with Crippen LogP contribution < -0.4 is 0 Å². The first kappa shape index (κ1) is 15.4. The Morgan fingerprint density at radius 2 is 1.81 bits per heavy atom. The lowest BCUT2D eigenvalue weighted by Crippen LogP contribution is -2.04. The molecule has 0 spiro atoms. The molecule has 0 aliphatic carbocycles. The molecule has 0 heterocycles. The lowest BCUT2D eigenvalue weighted by Gasteiger charge is -2.05. The number of oxime groups is 1. The summed E-state index contributed by atoms with van der Waals surface area (Å²) in [6.45, 7) is 0.234. The van der Waals surface area contributed by atoms with Crippen molar-refractivity contribution in [1.29, 1.82) is 0 Å². The third kappa shape index (κ3) is 4.79. The zero-order valence-corrected chi connectivity index (χ0v) is 11.5. The van der Waals surface area contributed by atoms with Crippen molar-refractivity contribution >= 4 is 17.8 Å². The van der Waals surface area contributed by atoms with Crippen molar-refractivity contribution < 1.29 is 18.0 Å². The summed E-state index contributed by atoms with van der Waals surface area (Å²) in [4.78, 5) is 5.06. The quantitative estimate of drug-likeness (QED) is 0.580. The molecule has 0 fully saturated rings. The van der Waals surface area contributed by atoms with Crippen LogP contribution in [-0.2, 0) is 17.6 Å². The SMILES string of the molecule is FC(F)(F)c1ccc(C=NOCc2cccc(Cl)c2)cc1. The normalized spacial score (nSPS) is 11.8. The predicted molar refractivity (Wildman–Crippen MR) is 75.3 cm³/mol. The van der Waals surface area contributed by atoms with Gasteiger partial charge >= 0.3 is 6.18 Å². The lowest BCUT2D eigenvalue weighted by atomic mass is 10.1. The van der Waals surface area contributed by atoms with Crippen LogP contribution in [0.1, 0.15) is 16.7 Å². The number of hydrogen-bond donors (Lipinski definition) is 0. The van der Waals surface area contributed by atoms with Crippen LogP contribution >= 0.6 is 11.6 Å². The van der Waals surface area contributed by atoms with E-state index >= 15 is 0 Å². The molecule has 0 saturated carbocycles.